The number of hydrogen-bond donors (Lipinski definition) is 2. The van der Waals surface area contributed by atoms with E-state index >= 15 is 0 Å². The minimum absolute atomic E-state index is 0.309. The molecule has 1 aliphatic heterocycles. The van der Waals surface area contributed by atoms with Crippen LogP contribution in [0.4, 0.5) is 0 Å². The first-order valence-electron chi connectivity index (χ1n) is 5.32. The smallest absolute Gasteiger partial charge is 0.0510 e. The molecule has 0 bridgehead atoms. The maximum Gasteiger partial charge on any atom is 0.0510 e. The van der Waals surface area contributed by atoms with Crippen molar-refractivity contribution in [2.75, 3.05) is 38.4 Å². The number of aliphatic hydroxyl groups excluding tert-OH is 1. The van der Waals surface area contributed by atoms with Crippen LogP contribution in [0.1, 0.15) is 12.8 Å². The Morgan fingerprint density at radius 2 is 2.50 bits per heavy atom. The molecule has 0 amide bonds. The Bertz CT molecular complexity index is 140. The minimum Gasteiger partial charge on any atom is -0.396 e. The van der Waals surface area contributed by atoms with Gasteiger partial charge in [0.25, 0.3) is 0 Å². The average Bonchev–Trinajstić information content (AvgIpc) is 2.71. The van der Waals surface area contributed by atoms with Crippen LogP contribution in [-0.4, -0.2) is 49.5 Å². The number of ether oxygens (including phenoxy) is 1. The van der Waals surface area contributed by atoms with Crippen LogP contribution in [-0.2, 0) is 4.74 Å². The van der Waals surface area contributed by atoms with Gasteiger partial charge >= 0.3 is 0 Å². The van der Waals surface area contributed by atoms with Crippen LogP contribution in [0.25, 0.3) is 0 Å². The van der Waals surface area contributed by atoms with Crippen molar-refractivity contribution in [1.29, 1.82) is 0 Å². The third kappa shape index (κ3) is 4.17. The lowest BCUT2D eigenvalue weighted by Gasteiger charge is -2.21. The average molecular weight is 219 g/mol. The zero-order valence-electron chi connectivity index (χ0n) is 8.87. The lowest BCUT2D eigenvalue weighted by molar-refractivity contribution is 0.180. The lowest BCUT2D eigenvalue weighted by Crippen LogP contribution is -2.36. The Morgan fingerprint density at radius 3 is 3.07 bits per heavy atom. The van der Waals surface area contributed by atoms with Crippen LogP contribution >= 0.6 is 11.8 Å². The van der Waals surface area contributed by atoms with Crippen molar-refractivity contribution in [3.05, 3.63) is 0 Å². The van der Waals surface area contributed by atoms with Crippen molar-refractivity contribution in [2.45, 2.75) is 18.9 Å². The van der Waals surface area contributed by atoms with Crippen molar-refractivity contribution in [3.8, 4) is 0 Å². The fraction of sp³-hybridized carbons (Fsp3) is 1.00. The van der Waals surface area contributed by atoms with Gasteiger partial charge in [0.1, 0.15) is 0 Å². The van der Waals surface area contributed by atoms with Gasteiger partial charge in [-0.2, -0.15) is 11.8 Å². The van der Waals surface area contributed by atoms with Crippen LogP contribution in [0.5, 0.6) is 0 Å². The first kappa shape index (κ1) is 12.3. The SMILES string of the molecule is CNC(CSCCCO)C1CCOC1. The molecule has 0 aromatic heterocycles. The Morgan fingerprint density at radius 1 is 1.64 bits per heavy atom. The van der Waals surface area contributed by atoms with Gasteiger partial charge in [-0.25, -0.2) is 0 Å². The first-order chi connectivity index (χ1) is 6.88. The van der Waals surface area contributed by atoms with Crippen LogP contribution in [0.15, 0.2) is 0 Å². The van der Waals surface area contributed by atoms with E-state index in [1.165, 1.54) is 6.42 Å². The van der Waals surface area contributed by atoms with Gasteiger partial charge in [0, 0.05) is 30.9 Å². The number of rotatable bonds is 7. The summed E-state index contributed by atoms with van der Waals surface area (Å²) in [4.78, 5) is 0. The fourth-order valence-corrected chi connectivity index (χ4v) is 2.89. The largest absolute Gasteiger partial charge is 0.396 e. The summed E-state index contributed by atoms with van der Waals surface area (Å²) in [6.07, 6.45) is 2.09. The second kappa shape index (κ2) is 7.51. The van der Waals surface area contributed by atoms with E-state index in [9.17, 15) is 0 Å². The summed E-state index contributed by atoms with van der Waals surface area (Å²) in [7, 11) is 2.02. The molecule has 4 heteroatoms. The molecule has 1 heterocycles. The molecule has 0 aliphatic carbocycles. The van der Waals surface area contributed by atoms with E-state index < -0.39 is 0 Å². The molecule has 0 saturated carbocycles. The number of thioether (sulfide) groups is 1. The maximum atomic E-state index is 8.65. The normalized spacial score (nSPS) is 24.0. The van der Waals surface area contributed by atoms with E-state index in [2.05, 4.69) is 5.32 Å². The van der Waals surface area contributed by atoms with E-state index in [0.29, 0.717) is 18.6 Å². The third-order valence-electron chi connectivity index (χ3n) is 2.65. The van der Waals surface area contributed by atoms with Gasteiger partial charge in [-0.3, -0.25) is 0 Å². The maximum absolute atomic E-state index is 8.65. The Hall–Kier alpha value is 0.230. The molecule has 0 radical (unpaired) electrons. The van der Waals surface area contributed by atoms with Gasteiger partial charge in [-0.15, -0.1) is 0 Å². The monoisotopic (exact) mass is 219 g/mol. The highest BCUT2D eigenvalue weighted by molar-refractivity contribution is 7.99. The first-order valence-corrected chi connectivity index (χ1v) is 6.47. The topological polar surface area (TPSA) is 41.5 Å². The van der Waals surface area contributed by atoms with Gasteiger partial charge < -0.3 is 15.2 Å². The summed E-state index contributed by atoms with van der Waals surface area (Å²) in [5, 5.41) is 12.0. The van der Waals surface area contributed by atoms with E-state index in [0.717, 1.165) is 31.1 Å². The molecule has 2 N–H and O–H groups in total. The highest BCUT2D eigenvalue weighted by Gasteiger charge is 2.23. The van der Waals surface area contributed by atoms with Gasteiger partial charge in [0.2, 0.25) is 0 Å². The summed E-state index contributed by atoms with van der Waals surface area (Å²) >= 11 is 1.92. The molecule has 3 nitrogen and oxygen atoms in total. The molecule has 1 aliphatic rings. The van der Waals surface area contributed by atoms with Gasteiger partial charge in [0.05, 0.1) is 6.61 Å². The summed E-state index contributed by atoms with van der Waals surface area (Å²) in [5.41, 5.74) is 0. The summed E-state index contributed by atoms with van der Waals surface area (Å²) in [6.45, 7) is 2.14. The molecule has 0 spiro atoms. The van der Waals surface area contributed by atoms with Crippen molar-refractivity contribution < 1.29 is 9.84 Å². The summed E-state index contributed by atoms with van der Waals surface area (Å²) < 4.78 is 5.38. The molecular weight excluding hydrogens is 198 g/mol. The Kier molecular flexibility index (Phi) is 6.60. The second-order valence-corrected chi connectivity index (χ2v) is 4.82. The quantitative estimate of drug-likeness (QED) is 0.619. The third-order valence-corrected chi connectivity index (χ3v) is 3.82. The van der Waals surface area contributed by atoms with Crippen molar-refractivity contribution >= 4 is 11.8 Å². The molecule has 2 atom stereocenters. The predicted octanol–water partition coefficient (Wildman–Crippen LogP) is 0.726. The summed E-state index contributed by atoms with van der Waals surface area (Å²) in [5.74, 6) is 2.87. The van der Waals surface area contributed by atoms with Crippen LogP contribution in [0.2, 0.25) is 0 Å². The molecule has 84 valence electrons. The number of aliphatic hydroxyl groups is 1. The molecule has 0 aromatic carbocycles. The fourth-order valence-electron chi connectivity index (χ4n) is 1.70. The minimum atomic E-state index is 0.309. The predicted molar refractivity (Wildman–Crippen MR) is 60.8 cm³/mol. The van der Waals surface area contributed by atoms with Crippen molar-refractivity contribution in [3.63, 3.8) is 0 Å². The molecule has 2 unspecified atom stereocenters. The molecule has 14 heavy (non-hydrogen) atoms. The summed E-state index contributed by atoms with van der Waals surface area (Å²) in [6, 6.07) is 0.571. The second-order valence-electron chi connectivity index (χ2n) is 3.67. The van der Waals surface area contributed by atoms with Gasteiger partial charge in [0.15, 0.2) is 0 Å². The molecular formula is C10H21NO2S. The molecule has 0 aromatic rings. The highest BCUT2D eigenvalue weighted by atomic mass is 32.2. The van der Waals surface area contributed by atoms with Gasteiger partial charge in [-0.05, 0) is 25.6 Å². The molecule has 1 rings (SSSR count). The van der Waals surface area contributed by atoms with E-state index in [1.807, 2.05) is 18.8 Å². The van der Waals surface area contributed by atoms with Crippen LogP contribution in [0.3, 0.4) is 0 Å². The highest BCUT2D eigenvalue weighted by Crippen LogP contribution is 2.19. The standard InChI is InChI=1S/C10H21NO2S/c1-11-10(8-14-6-2-4-12)9-3-5-13-7-9/h9-12H,2-8H2,1H3. The van der Waals surface area contributed by atoms with Gasteiger partial charge in [-0.1, -0.05) is 0 Å². The zero-order chi connectivity index (χ0) is 10.2. The van der Waals surface area contributed by atoms with E-state index in [4.69, 9.17) is 9.84 Å². The number of hydrogen-bond acceptors (Lipinski definition) is 4. The van der Waals surface area contributed by atoms with Crippen molar-refractivity contribution in [2.24, 2.45) is 5.92 Å². The van der Waals surface area contributed by atoms with Crippen LogP contribution in [0, 0.1) is 5.92 Å². The van der Waals surface area contributed by atoms with Crippen molar-refractivity contribution in [1.82, 2.24) is 5.32 Å². The lowest BCUT2D eigenvalue weighted by atomic mass is 10.0. The Balaban J connectivity index is 2.11. The Labute approximate surface area is 90.6 Å². The molecule has 1 fully saturated rings. The van der Waals surface area contributed by atoms with Crippen LogP contribution < -0.4 is 5.32 Å². The molecule has 1 saturated heterocycles. The zero-order valence-corrected chi connectivity index (χ0v) is 9.68. The van der Waals surface area contributed by atoms with E-state index in [1.54, 1.807) is 0 Å². The van der Waals surface area contributed by atoms with E-state index in [-0.39, 0.29) is 0 Å². The number of nitrogens with one attached hydrogen (secondary N) is 1.